The van der Waals surface area contributed by atoms with Crippen LogP contribution < -0.4 is 10.2 Å². The lowest BCUT2D eigenvalue weighted by Crippen LogP contribution is -2.51. The summed E-state index contributed by atoms with van der Waals surface area (Å²) in [5.74, 6) is 0.154. The van der Waals surface area contributed by atoms with Crippen LogP contribution in [0.1, 0.15) is 32.1 Å². The number of piperazine rings is 1. The highest BCUT2D eigenvalue weighted by Crippen LogP contribution is 2.23. The first-order valence-electron chi connectivity index (χ1n) is 9.19. The number of carbonyl (C=O) groups excluding carboxylic acids is 2. The van der Waals surface area contributed by atoms with E-state index in [9.17, 15) is 9.59 Å². The molecule has 0 bridgehead atoms. The molecule has 2 amide bonds. The van der Waals surface area contributed by atoms with E-state index in [4.69, 9.17) is 11.6 Å². The molecule has 2 fully saturated rings. The summed E-state index contributed by atoms with van der Waals surface area (Å²) >= 11 is 6.05. The van der Waals surface area contributed by atoms with Gasteiger partial charge in [-0.1, -0.05) is 36.9 Å². The minimum absolute atomic E-state index is 0.00917. The van der Waals surface area contributed by atoms with Gasteiger partial charge in [-0.2, -0.15) is 0 Å². The zero-order chi connectivity index (χ0) is 17.6. The van der Waals surface area contributed by atoms with Gasteiger partial charge in [0.25, 0.3) is 0 Å². The molecule has 0 spiro atoms. The molecule has 136 valence electrons. The molecule has 1 N–H and O–H groups in total. The van der Waals surface area contributed by atoms with E-state index >= 15 is 0 Å². The molecular weight excluding hydrogens is 338 g/mol. The molecule has 0 radical (unpaired) electrons. The first kappa shape index (κ1) is 18.1. The molecule has 1 saturated heterocycles. The van der Waals surface area contributed by atoms with E-state index in [1.165, 1.54) is 6.42 Å². The lowest BCUT2D eigenvalue weighted by Gasteiger charge is -2.36. The molecule has 6 heteroatoms. The van der Waals surface area contributed by atoms with Gasteiger partial charge >= 0.3 is 0 Å². The molecule has 0 atom stereocenters. The van der Waals surface area contributed by atoms with Crippen LogP contribution in [0.15, 0.2) is 24.3 Å². The molecule has 1 aliphatic heterocycles. The van der Waals surface area contributed by atoms with E-state index in [1.807, 2.05) is 29.2 Å². The van der Waals surface area contributed by atoms with Gasteiger partial charge < -0.3 is 15.1 Å². The number of carbonyl (C=O) groups is 2. The fourth-order valence-electron chi connectivity index (χ4n) is 3.67. The number of rotatable bonds is 4. The van der Waals surface area contributed by atoms with Crippen LogP contribution in [-0.2, 0) is 9.59 Å². The van der Waals surface area contributed by atoms with E-state index in [-0.39, 0.29) is 24.3 Å². The normalized spacial score (nSPS) is 18.9. The Kier molecular flexibility index (Phi) is 6.19. The van der Waals surface area contributed by atoms with Crippen LogP contribution in [0.4, 0.5) is 5.69 Å². The second-order valence-electron chi connectivity index (χ2n) is 6.90. The van der Waals surface area contributed by atoms with Crippen molar-refractivity contribution in [1.29, 1.82) is 0 Å². The summed E-state index contributed by atoms with van der Waals surface area (Å²) in [6, 6.07) is 7.78. The van der Waals surface area contributed by atoms with Crippen molar-refractivity contribution in [2.45, 2.75) is 32.1 Å². The van der Waals surface area contributed by atoms with Crippen LogP contribution >= 0.6 is 11.6 Å². The lowest BCUT2D eigenvalue weighted by molar-refractivity contribution is -0.134. The van der Waals surface area contributed by atoms with Gasteiger partial charge in [0.05, 0.1) is 6.54 Å². The summed E-state index contributed by atoms with van der Waals surface area (Å²) in [7, 11) is 0. The standard InChI is InChI=1S/C19H26ClN3O2/c20-16-7-4-8-17(13-16)22-9-11-23(12-10-22)18(24)14-21-19(25)15-5-2-1-3-6-15/h4,7-8,13,15H,1-3,5-6,9-12,14H2,(H,21,25). The van der Waals surface area contributed by atoms with Crippen molar-refractivity contribution >= 4 is 29.1 Å². The predicted molar refractivity (Wildman–Crippen MR) is 99.8 cm³/mol. The fraction of sp³-hybridized carbons (Fsp3) is 0.579. The van der Waals surface area contributed by atoms with Crippen molar-refractivity contribution in [2.24, 2.45) is 5.92 Å². The van der Waals surface area contributed by atoms with E-state index < -0.39 is 0 Å². The largest absolute Gasteiger partial charge is 0.368 e. The average Bonchev–Trinajstić information content (AvgIpc) is 2.66. The Morgan fingerprint density at radius 2 is 1.80 bits per heavy atom. The van der Waals surface area contributed by atoms with Crippen molar-refractivity contribution in [3.05, 3.63) is 29.3 Å². The number of benzene rings is 1. The number of hydrogen-bond acceptors (Lipinski definition) is 3. The zero-order valence-electron chi connectivity index (χ0n) is 14.5. The number of nitrogens with one attached hydrogen (secondary N) is 1. The van der Waals surface area contributed by atoms with Gasteiger partial charge in [0.15, 0.2) is 0 Å². The van der Waals surface area contributed by atoms with E-state index in [0.29, 0.717) is 13.1 Å². The van der Waals surface area contributed by atoms with E-state index in [0.717, 1.165) is 49.5 Å². The minimum Gasteiger partial charge on any atom is -0.368 e. The van der Waals surface area contributed by atoms with E-state index in [1.54, 1.807) is 0 Å². The highest BCUT2D eigenvalue weighted by molar-refractivity contribution is 6.30. The number of hydrogen-bond donors (Lipinski definition) is 1. The zero-order valence-corrected chi connectivity index (χ0v) is 15.3. The monoisotopic (exact) mass is 363 g/mol. The molecule has 1 aromatic carbocycles. The maximum Gasteiger partial charge on any atom is 0.242 e. The van der Waals surface area contributed by atoms with Crippen LogP contribution in [0.5, 0.6) is 0 Å². The average molecular weight is 364 g/mol. The molecule has 0 aromatic heterocycles. The van der Waals surface area contributed by atoms with Gasteiger partial charge in [-0.3, -0.25) is 9.59 Å². The predicted octanol–water partition coefficient (Wildman–Crippen LogP) is 2.69. The van der Waals surface area contributed by atoms with Gasteiger partial charge in [0.2, 0.25) is 11.8 Å². The lowest BCUT2D eigenvalue weighted by atomic mass is 9.89. The van der Waals surface area contributed by atoms with Crippen molar-refractivity contribution in [3.63, 3.8) is 0 Å². The second-order valence-corrected chi connectivity index (χ2v) is 7.34. The van der Waals surface area contributed by atoms with Crippen LogP contribution in [0, 0.1) is 5.92 Å². The summed E-state index contributed by atoms with van der Waals surface area (Å²) < 4.78 is 0. The van der Waals surface area contributed by atoms with Crippen molar-refractivity contribution in [3.8, 4) is 0 Å². The number of nitrogens with zero attached hydrogens (tertiary/aromatic N) is 2. The third kappa shape index (κ3) is 4.88. The Bertz CT molecular complexity index is 608. The smallest absolute Gasteiger partial charge is 0.242 e. The van der Waals surface area contributed by atoms with Gasteiger partial charge in [0.1, 0.15) is 0 Å². The van der Waals surface area contributed by atoms with Crippen LogP contribution in [0.25, 0.3) is 0 Å². The third-order valence-corrected chi connectivity index (χ3v) is 5.43. The maximum absolute atomic E-state index is 12.4. The van der Waals surface area contributed by atoms with Gasteiger partial charge in [0, 0.05) is 42.8 Å². The third-order valence-electron chi connectivity index (χ3n) is 5.20. The summed E-state index contributed by atoms with van der Waals surface area (Å²) in [5, 5.41) is 3.56. The summed E-state index contributed by atoms with van der Waals surface area (Å²) in [4.78, 5) is 28.6. The Morgan fingerprint density at radius 1 is 1.08 bits per heavy atom. The number of amides is 2. The SMILES string of the molecule is O=C(NCC(=O)N1CCN(c2cccc(Cl)c2)CC1)C1CCCCC1. The topological polar surface area (TPSA) is 52.7 Å². The van der Waals surface area contributed by atoms with Crippen molar-refractivity contribution in [1.82, 2.24) is 10.2 Å². The summed E-state index contributed by atoms with van der Waals surface area (Å²) in [5.41, 5.74) is 1.09. The Morgan fingerprint density at radius 3 is 2.48 bits per heavy atom. The molecular formula is C19H26ClN3O2. The fourth-order valence-corrected chi connectivity index (χ4v) is 3.86. The molecule has 0 unspecified atom stereocenters. The first-order valence-corrected chi connectivity index (χ1v) is 9.57. The molecule has 1 aliphatic carbocycles. The molecule has 1 heterocycles. The van der Waals surface area contributed by atoms with Gasteiger partial charge in [-0.05, 0) is 31.0 Å². The minimum atomic E-state index is 0.00917. The molecule has 5 nitrogen and oxygen atoms in total. The highest BCUT2D eigenvalue weighted by Gasteiger charge is 2.24. The van der Waals surface area contributed by atoms with E-state index in [2.05, 4.69) is 10.2 Å². The molecule has 2 aliphatic rings. The molecule has 1 saturated carbocycles. The molecule has 3 rings (SSSR count). The quantitative estimate of drug-likeness (QED) is 0.894. The number of halogens is 1. The summed E-state index contributed by atoms with van der Waals surface area (Å²) in [6.07, 6.45) is 5.38. The van der Waals surface area contributed by atoms with Crippen LogP contribution in [0.3, 0.4) is 0 Å². The van der Waals surface area contributed by atoms with Crippen LogP contribution in [0.2, 0.25) is 5.02 Å². The van der Waals surface area contributed by atoms with Gasteiger partial charge in [-0.15, -0.1) is 0 Å². The van der Waals surface area contributed by atoms with Crippen LogP contribution in [-0.4, -0.2) is 49.4 Å². The second kappa shape index (κ2) is 8.56. The van der Waals surface area contributed by atoms with Crippen molar-refractivity contribution in [2.75, 3.05) is 37.6 Å². The molecule has 25 heavy (non-hydrogen) atoms. The maximum atomic E-state index is 12.4. The molecule has 1 aromatic rings. The first-order chi connectivity index (χ1) is 12.1. The Labute approximate surface area is 154 Å². The Balaban J connectivity index is 1.43. The van der Waals surface area contributed by atoms with Crippen molar-refractivity contribution < 1.29 is 9.59 Å². The highest BCUT2D eigenvalue weighted by atomic mass is 35.5. The Hall–Kier alpha value is -1.75. The number of anilines is 1. The summed E-state index contributed by atoms with van der Waals surface area (Å²) in [6.45, 7) is 3.02. The van der Waals surface area contributed by atoms with Gasteiger partial charge in [-0.25, -0.2) is 0 Å².